The molecular formula is C23H35N5O2. The lowest BCUT2D eigenvalue weighted by Crippen LogP contribution is -2.45. The Labute approximate surface area is 179 Å². The zero-order valence-corrected chi connectivity index (χ0v) is 18.3. The maximum atomic E-state index is 12.6. The van der Waals surface area contributed by atoms with Gasteiger partial charge in [0.25, 0.3) is 5.91 Å². The van der Waals surface area contributed by atoms with E-state index >= 15 is 0 Å². The molecule has 0 radical (unpaired) electrons. The van der Waals surface area contributed by atoms with Crippen molar-refractivity contribution in [3.05, 3.63) is 35.4 Å². The Balaban J connectivity index is 1.47. The van der Waals surface area contributed by atoms with Crippen LogP contribution >= 0.6 is 0 Å². The third kappa shape index (κ3) is 5.97. The van der Waals surface area contributed by atoms with E-state index in [1.54, 1.807) is 14.1 Å². The minimum absolute atomic E-state index is 0.123. The first-order chi connectivity index (χ1) is 14.6. The summed E-state index contributed by atoms with van der Waals surface area (Å²) in [6, 6.07) is 7.90. The zero-order valence-electron chi connectivity index (χ0n) is 18.3. The molecule has 2 N–H and O–H groups in total. The maximum Gasteiger partial charge on any atom is 0.253 e. The Bertz CT molecular complexity index is 732. The molecule has 0 aliphatic carbocycles. The number of carbonyl (C=O) groups is 2. The van der Waals surface area contributed by atoms with Crippen LogP contribution in [0.15, 0.2) is 29.3 Å². The minimum atomic E-state index is 0.123. The standard InChI is InChI=1S/C23H35N5O2/c1-24-21(29)16-18-10-14-28(15-11-18)23(25-2)26-17-19-6-8-20(9-7-19)22(30)27-12-4-3-5-13-27/h6-9,18H,3-5,10-17H2,1-2H3,(H,24,29)(H,25,26). The van der Waals surface area contributed by atoms with Crippen LogP contribution < -0.4 is 10.6 Å². The van der Waals surface area contributed by atoms with E-state index in [4.69, 9.17) is 0 Å². The van der Waals surface area contributed by atoms with Crippen molar-refractivity contribution in [1.29, 1.82) is 0 Å². The molecule has 7 nitrogen and oxygen atoms in total. The molecule has 3 rings (SSSR count). The zero-order chi connectivity index (χ0) is 21.3. The highest BCUT2D eigenvalue weighted by Gasteiger charge is 2.23. The van der Waals surface area contributed by atoms with E-state index in [1.807, 2.05) is 29.2 Å². The number of carbonyl (C=O) groups excluding carboxylic acids is 2. The summed E-state index contributed by atoms with van der Waals surface area (Å²) in [7, 11) is 3.50. The number of guanidine groups is 1. The number of hydrogen-bond donors (Lipinski definition) is 2. The lowest BCUT2D eigenvalue weighted by atomic mass is 9.93. The van der Waals surface area contributed by atoms with Gasteiger partial charge in [0.2, 0.25) is 5.91 Å². The van der Waals surface area contributed by atoms with Crippen molar-refractivity contribution >= 4 is 17.8 Å². The van der Waals surface area contributed by atoms with Gasteiger partial charge in [0.15, 0.2) is 5.96 Å². The highest BCUT2D eigenvalue weighted by Crippen LogP contribution is 2.20. The smallest absolute Gasteiger partial charge is 0.253 e. The van der Waals surface area contributed by atoms with Crippen molar-refractivity contribution in [3.63, 3.8) is 0 Å². The SMILES string of the molecule is CN=C(NCc1ccc(C(=O)N2CCCCC2)cc1)N1CCC(CC(=O)NC)CC1. The fraction of sp³-hybridized carbons (Fsp3) is 0.609. The third-order valence-electron chi connectivity index (χ3n) is 6.17. The van der Waals surface area contributed by atoms with Gasteiger partial charge in [0.1, 0.15) is 0 Å². The number of piperidine rings is 2. The third-order valence-corrected chi connectivity index (χ3v) is 6.17. The van der Waals surface area contributed by atoms with Crippen LogP contribution in [0.3, 0.4) is 0 Å². The van der Waals surface area contributed by atoms with E-state index in [0.717, 1.165) is 68.9 Å². The van der Waals surface area contributed by atoms with E-state index in [1.165, 1.54) is 6.42 Å². The molecule has 30 heavy (non-hydrogen) atoms. The number of benzene rings is 1. The predicted octanol–water partition coefficient (Wildman–Crippen LogP) is 2.24. The summed E-state index contributed by atoms with van der Waals surface area (Å²) in [6.45, 7) is 4.23. The Morgan fingerprint density at radius 3 is 2.27 bits per heavy atom. The molecule has 2 aliphatic rings. The predicted molar refractivity (Wildman–Crippen MR) is 119 cm³/mol. The number of hydrogen-bond acceptors (Lipinski definition) is 3. The van der Waals surface area contributed by atoms with Gasteiger partial charge >= 0.3 is 0 Å². The van der Waals surface area contributed by atoms with Crippen LogP contribution in [0.25, 0.3) is 0 Å². The van der Waals surface area contributed by atoms with Crippen molar-refractivity contribution in [2.24, 2.45) is 10.9 Å². The molecule has 2 saturated heterocycles. The molecule has 2 amide bonds. The molecule has 0 unspecified atom stereocenters. The van der Waals surface area contributed by atoms with Crippen molar-refractivity contribution in [2.75, 3.05) is 40.3 Å². The van der Waals surface area contributed by atoms with Gasteiger partial charge in [-0.15, -0.1) is 0 Å². The van der Waals surface area contributed by atoms with Crippen molar-refractivity contribution in [3.8, 4) is 0 Å². The van der Waals surface area contributed by atoms with Crippen LogP contribution in [0.5, 0.6) is 0 Å². The van der Waals surface area contributed by atoms with Gasteiger partial charge in [-0.25, -0.2) is 0 Å². The Morgan fingerprint density at radius 1 is 1.00 bits per heavy atom. The molecule has 164 valence electrons. The summed E-state index contributed by atoms with van der Waals surface area (Å²) in [5.41, 5.74) is 1.89. The normalized spacial score (nSPS) is 18.3. The van der Waals surface area contributed by atoms with Crippen LogP contribution in [-0.4, -0.2) is 67.8 Å². The Morgan fingerprint density at radius 2 is 1.67 bits per heavy atom. The molecule has 2 aliphatic heterocycles. The summed E-state index contributed by atoms with van der Waals surface area (Å²) < 4.78 is 0. The summed E-state index contributed by atoms with van der Waals surface area (Å²) in [5.74, 6) is 1.61. The quantitative estimate of drug-likeness (QED) is 0.573. The molecule has 7 heteroatoms. The van der Waals surface area contributed by atoms with E-state index in [0.29, 0.717) is 18.9 Å². The molecule has 2 fully saturated rings. The van der Waals surface area contributed by atoms with Crippen LogP contribution in [0.4, 0.5) is 0 Å². The first kappa shape index (κ1) is 22.1. The fourth-order valence-electron chi connectivity index (χ4n) is 4.27. The number of aliphatic imine (C=N–C) groups is 1. The average Bonchev–Trinajstić information content (AvgIpc) is 2.81. The second kappa shape index (κ2) is 11.0. The number of nitrogens with one attached hydrogen (secondary N) is 2. The van der Waals surface area contributed by atoms with Gasteiger partial charge in [-0.3, -0.25) is 14.6 Å². The monoisotopic (exact) mass is 413 g/mol. The van der Waals surface area contributed by atoms with E-state index in [-0.39, 0.29) is 11.8 Å². The van der Waals surface area contributed by atoms with Gasteiger partial charge in [-0.2, -0.15) is 0 Å². The first-order valence-electron chi connectivity index (χ1n) is 11.1. The van der Waals surface area contributed by atoms with E-state index in [9.17, 15) is 9.59 Å². The summed E-state index contributed by atoms with van der Waals surface area (Å²) in [4.78, 5) is 32.8. The number of likely N-dealkylation sites (tertiary alicyclic amines) is 2. The van der Waals surface area contributed by atoms with E-state index in [2.05, 4.69) is 20.5 Å². The highest BCUT2D eigenvalue weighted by molar-refractivity contribution is 5.94. The molecule has 1 aromatic carbocycles. The summed E-state index contributed by atoms with van der Waals surface area (Å²) in [5, 5.41) is 6.15. The first-order valence-corrected chi connectivity index (χ1v) is 11.1. The molecule has 0 bridgehead atoms. The van der Waals surface area contributed by atoms with Gasteiger partial charge in [0.05, 0.1) is 0 Å². The number of rotatable bonds is 5. The number of nitrogens with zero attached hydrogens (tertiary/aromatic N) is 3. The Hall–Kier alpha value is -2.57. The van der Waals surface area contributed by atoms with Crippen molar-refractivity contribution < 1.29 is 9.59 Å². The van der Waals surface area contributed by atoms with Crippen LogP contribution in [0.2, 0.25) is 0 Å². The largest absolute Gasteiger partial charge is 0.359 e. The van der Waals surface area contributed by atoms with Crippen molar-refractivity contribution in [1.82, 2.24) is 20.4 Å². The maximum absolute atomic E-state index is 12.6. The van der Waals surface area contributed by atoms with Gasteiger partial charge in [-0.05, 0) is 55.7 Å². The molecular weight excluding hydrogens is 378 g/mol. The summed E-state index contributed by atoms with van der Waals surface area (Å²) in [6.07, 6.45) is 6.05. The lowest BCUT2D eigenvalue weighted by Gasteiger charge is -2.34. The molecule has 0 spiro atoms. The second-order valence-corrected chi connectivity index (χ2v) is 8.26. The van der Waals surface area contributed by atoms with Crippen LogP contribution in [0, 0.1) is 5.92 Å². The number of amides is 2. The molecule has 0 atom stereocenters. The van der Waals surface area contributed by atoms with Crippen molar-refractivity contribution in [2.45, 2.75) is 45.1 Å². The van der Waals surface area contributed by atoms with Crippen LogP contribution in [-0.2, 0) is 11.3 Å². The summed E-state index contributed by atoms with van der Waals surface area (Å²) >= 11 is 0. The fourth-order valence-corrected chi connectivity index (χ4v) is 4.27. The molecule has 0 aromatic heterocycles. The average molecular weight is 414 g/mol. The molecule has 0 saturated carbocycles. The topological polar surface area (TPSA) is 77.0 Å². The highest BCUT2D eigenvalue weighted by atomic mass is 16.2. The minimum Gasteiger partial charge on any atom is -0.359 e. The Kier molecular flexibility index (Phi) is 8.11. The van der Waals surface area contributed by atoms with Gasteiger partial charge in [-0.1, -0.05) is 12.1 Å². The second-order valence-electron chi connectivity index (χ2n) is 8.26. The molecule has 2 heterocycles. The van der Waals surface area contributed by atoms with Gasteiger partial charge < -0.3 is 20.4 Å². The van der Waals surface area contributed by atoms with Crippen LogP contribution in [0.1, 0.15) is 54.4 Å². The van der Waals surface area contributed by atoms with Gasteiger partial charge in [0, 0.05) is 58.8 Å². The molecule has 1 aromatic rings. The lowest BCUT2D eigenvalue weighted by molar-refractivity contribution is -0.121. The van der Waals surface area contributed by atoms with E-state index < -0.39 is 0 Å².